The van der Waals surface area contributed by atoms with Crippen LogP contribution in [0.2, 0.25) is 5.02 Å². The average Bonchev–Trinajstić information content (AvgIpc) is 2.72. The Labute approximate surface area is 167 Å². The molecule has 0 radical (unpaired) electrons. The van der Waals surface area contributed by atoms with Gasteiger partial charge in [0.2, 0.25) is 0 Å². The molecule has 0 saturated heterocycles. The van der Waals surface area contributed by atoms with Crippen LogP contribution in [0.3, 0.4) is 0 Å². The Morgan fingerprint density at radius 2 is 1.43 bits per heavy atom. The maximum atomic E-state index is 12.1. The van der Waals surface area contributed by atoms with Crippen LogP contribution >= 0.6 is 11.6 Å². The summed E-state index contributed by atoms with van der Waals surface area (Å²) in [6.07, 6.45) is 0. The molecule has 5 nitrogen and oxygen atoms in total. The minimum Gasteiger partial charge on any atom is -0.508 e. The zero-order valence-electron chi connectivity index (χ0n) is 14.9. The summed E-state index contributed by atoms with van der Waals surface area (Å²) in [7, 11) is 0. The highest BCUT2D eigenvalue weighted by Gasteiger charge is 2.10. The Hall–Kier alpha value is -3.31. The average molecular weight is 396 g/mol. The van der Waals surface area contributed by atoms with Crippen LogP contribution in [0.4, 0.5) is 0 Å². The van der Waals surface area contributed by atoms with Crippen molar-refractivity contribution in [1.29, 1.82) is 0 Å². The molecule has 0 aliphatic carbocycles. The Bertz CT molecular complexity index is 951. The fraction of sp³-hybridized carbons (Fsp3) is 0.0909. The van der Waals surface area contributed by atoms with E-state index in [0.29, 0.717) is 17.1 Å². The van der Waals surface area contributed by atoms with E-state index in [2.05, 4.69) is 5.32 Å². The van der Waals surface area contributed by atoms with Crippen LogP contribution < -0.4 is 5.32 Å². The lowest BCUT2D eigenvalue weighted by atomic mass is 10.0. The summed E-state index contributed by atoms with van der Waals surface area (Å²) in [5, 5.41) is 12.6. The molecule has 28 heavy (non-hydrogen) atoms. The van der Waals surface area contributed by atoms with E-state index >= 15 is 0 Å². The van der Waals surface area contributed by atoms with E-state index in [4.69, 9.17) is 16.3 Å². The molecule has 0 atom stereocenters. The maximum Gasteiger partial charge on any atom is 0.338 e. The molecule has 0 aliphatic heterocycles. The lowest BCUT2D eigenvalue weighted by Crippen LogP contribution is -2.28. The quantitative estimate of drug-likeness (QED) is 0.614. The molecule has 0 fully saturated rings. The number of hydrogen-bond donors (Lipinski definition) is 2. The molecule has 2 N–H and O–H groups in total. The normalized spacial score (nSPS) is 10.3. The van der Waals surface area contributed by atoms with Gasteiger partial charge in [-0.1, -0.05) is 48.0 Å². The second kappa shape index (κ2) is 9.06. The number of benzene rings is 3. The number of esters is 1. The number of ether oxygens (including phenoxy) is 1. The van der Waals surface area contributed by atoms with E-state index in [1.165, 1.54) is 0 Å². The van der Waals surface area contributed by atoms with Gasteiger partial charge in [-0.05, 0) is 53.1 Å². The van der Waals surface area contributed by atoms with E-state index in [0.717, 1.165) is 16.7 Å². The molecule has 6 heteroatoms. The standard InChI is InChI=1S/C22H18ClNO4/c23-19-9-1-15(2-10-19)13-24-21(26)14-28-22(27)18-5-3-16(4-6-18)17-7-11-20(25)12-8-17/h1-12,25H,13-14H2,(H,24,26). The topological polar surface area (TPSA) is 75.6 Å². The maximum absolute atomic E-state index is 12.1. The first kappa shape index (κ1) is 19.5. The van der Waals surface area contributed by atoms with Crippen molar-refractivity contribution in [1.82, 2.24) is 5.32 Å². The zero-order chi connectivity index (χ0) is 19.9. The molecule has 0 bridgehead atoms. The molecule has 0 unspecified atom stereocenters. The summed E-state index contributed by atoms with van der Waals surface area (Å²) in [5.41, 5.74) is 3.07. The second-order valence-corrected chi connectivity index (χ2v) is 6.54. The fourth-order valence-electron chi connectivity index (χ4n) is 2.52. The summed E-state index contributed by atoms with van der Waals surface area (Å²) in [6.45, 7) is -0.0268. The third-order valence-electron chi connectivity index (χ3n) is 4.06. The van der Waals surface area contributed by atoms with E-state index in [-0.39, 0.29) is 18.3 Å². The van der Waals surface area contributed by atoms with Crippen molar-refractivity contribution in [2.45, 2.75) is 6.54 Å². The molecule has 1 amide bonds. The van der Waals surface area contributed by atoms with Gasteiger partial charge in [0.25, 0.3) is 5.91 Å². The molecular weight excluding hydrogens is 378 g/mol. The van der Waals surface area contributed by atoms with Crippen molar-refractivity contribution in [3.8, 4) is 16.9 Å². The van der Waals surface area contributed by atoms with E-state index in [9.17, 15) is 14.7 Å². The van der Waals surface area contributed by atoms with Gasteiger partial charge in [-0.15, -0.1) is 0 Å². The number of hydrogen-bond acceptors (Lipinski definition) is 4. The smallest absolute Gasteiger partial charge is 0.338 e. The number of nitrogens with one attached hydrogen (secondary N) is 1. The van der Waals surface area contributed by atoms with Crippen molar-refractivity contribution in [3.63, 3.8) is 0 Å². The van der Waals surface area contributed by atoms with Gasteiger partial charge in [0.1, 0.15) is 5.75 Å². The number of rotatable bonds is 6. The summed E-state index contributed by atoms with van der Waals surface area (Å²) in [4.78, 5) is 24.0. The third kappa shape index (κ3) is 5.34. The highest BCUT2D eigenvalue weighted by molar-refractivity contribution is 6.30. The van der Waals surface area contributed by atoms with Crippen LogP contribution in [0, 0.1) is 0 Å². The van der Waals surface area contributed by atoms with Gasteiger partial charge in [0, 0.05) is 11.6 Å². The Morgan fingerprint density at radius 3 is 2.04 bits per heavy atom. The third-order valence-corrected chi connectivity index (χ3v) is 4.31. The second-order valence-electron chi connectivity index (χ2n) is 6.10. The lowest BCUT2D eigenvalue weighted by Gasteiger charge is -2.08. The van der Waals surface area contributed by atoms with Crippen molar-refractivity contribution in [2.24, 2.45) is 0 Å². The minimum absolute atomic E-state index is 0.193. The summed E-state index contributed by atoms with van der Waals surface area (Å²) in [5.74, 6) is -0.763. The highest BCUT2D eigenvalue weighted by Crippen LogP contribution is 2.22. The van der Waals surface area contributed by atoms with Gasteiger partial charge in [-0.25, -0.2) is 4.79 Å². The molecule has 0 aromatic heterocycles. The van der Waals surface area contributed by atoms with Gasteiger partial charge < -0.3 is 15.2 Å². The van der Waals surface area contributed by atoms with Crippen LogP contribution in [-0.4, -0.2) is 23.6 Å². The Morgan fingerprint density at radius 1 is 0.857 bits per heavy atom. The number of carbonyl (C=O) groups excluding carboxylic acids is 2. The first-order chi connectivity index (χ1) is 13.5. The SMILES string of the molecule is O=C(COC(=O)c1ccc(-c2ccc(O)cc2)cc1)NCc1ccc(Cl)cc1. The van der Waals surface area contributed by atoms with Crippen LogP contribution in [0.1, 0.15) is 15.9 Å². The zero-order valence-corrected chi connectivity index (χ0v) is 15.6. The van der Waals surface area contributed by atoms with Gasteiger partial charge >= 0.3 is 5.97 Å². The van der Waals surface area contributed by atoms with Crippen molar-refractivity contribution in [2.75, 3.05) is 6.61 Å². The molecule has 3 aromatic carbocycles. The Balaban J connectivity index is 1.49. The molecule has 3 aromatic rings. The number of aromatic hydroxyl groups is 1. The molecule has 0 spiro atoms. The predicted molar refractivity (Wildman–Crippen MR) is 107 cm³/mol. The van der Waals surface area contributed by atoms with Crippen LogP contribution in [0.25, 0.3) is 11.1 Å². The highest BCUT2D eigenvalue weighted by atomic mass is 35.5. The minimum atomic E-state index is -0.570. The number of halogens is 1. The summed E-state index contributed by atoms with van der Waals surface area (Å²) in [6, 6.07) is 20.7. The first-order valence-electron chi connectivity index (χ1n) is 8.59. The predicted octanol–water partition coefficient (Wildman–Crippen LogP) is 4.19. The van der Waals surface area contributed by atoms with Gasteiger partial charge in [0.05, 0.1) is 5.56 Å². The molecule has 0 aliphatic rings. The van der Waals surface area contributed by atoms with Crippen molar-refractivity contribution < 1.29 is 19.4 Å². The number of amides is 1. The molecular formula is C22H18ClNO4. The first-order valence-corrected chi connectivity index (χ1v) is 8.97. The molecule has 142 valence electrons. The van der Waals surface area contributed by atoms with Crippen LogP contribution in [-0.2, 0) is 16.1 Å². The van der Waals surface area contributed by atoms with Crippen molar-refractivity contribution in [3.05, 3.63) is 88.9 Å². The van der Waals surface area contributed by atoms with E-state index < -0.39 is 5.97 Å². The van der Waals surface area contributed by atoms with Crippen LogP contribution in [0.5, 0.6) is 5.75 Å². The molecule has 0 saturated carbocycles. The van der Waals surface area contributed by atoms with Crippen molar-refractivity contribution >= 4 is 23.5 Å². The monoisotopic (exact) mass is 395 g/mol. The Kier molecular flexibility index (Phi) is 6.29. The number of carbonyl (C=O) groups is 2. The van der Waals surface area contributed by atoms with E-state index in [1.807, 2.05) is 12.1 Å². The number of phenolic OH excluding ortho intramolecular Hbond substituents is 1. The summed E-state index contributed by atoms with van der Waals surface area (Å²) < 4.78 is 5.05. The summed E-state index contributed by atoms with van der Waals surface area (Å²) >= 11 is 5.81. The van der Waals surface area contributed by atoms with Crippen LogP contribution in [0.15, 0.2) is 72.8 Å². The van der Waals surface area contributed by atoms with Gasteiger partial charge in [0.15, 0.2) is 6.61 Å². The molecule has 3 rings (SSSR count). The largest absolute Gasteiger partial charge is 0.508 e. The van der Waals surface area contributed by atoms with Gasteiger partial charge in [-0.3, -0.25) is 4.79 Å². The van der Waals surface area contributed by atoms with Gasteiger partial charge in [-0.2, -0.15) is 0 Å². The lowest BCUT2D eigenvalue weighted by molar-refractivity contribution is -0.124. The fourth-order valence-corrected chi connectivity index (χ4v) is 2.65. The molecule has 0 heterocycles. The van der Waals surface area contributed by atoms with E-state index in [1.54, 1.807) is 60.7 Å². The number of phenols is 1.